The minimum Gasteiger partial charge on any atom is -0.481 e. The van der Waals surface area contributed by atoms with E-state index in [1.165, 1.54) is 12.1 Å². The predicted octanol–water partition coefficient (Wildman–Crippen LogP) is 2.40. The quantitative estimate of drug-likeness (QED) is 0.852. The lowest BCUT2D eigenvalue weighted by Gasteiger charge is -2.20. The van der Waals surface area contributed by atoms with E-state index in [9.17, 15) is 22.4 Å². The van der Waals surface area contributed by atoms with Gasteiger partial charge >= 0.3 is 12.1 Å². The van der Waals surface area contributed by atoms with Gasteiger partial charge in [-0.3, -0.25) is 4.79 Å². The second-order valence-electron chi connectivity index (χ2n) is 4.74. The zero-order chi connectivity index (χ0) is 15.8. The zero-order valence-electron chi connectivity index (χ0n) is 10.6. The number of benzene rings is 1. The van der Waals surface area contributed by atoms with Crippen molar-refractivity contribution in [3.8, 4) is 6.07 Å². The van der Waals surface area contributed by atoms with Crippen LogP contribution in [0.2, 0.25) is 0 Å². The van der Waals surface area contributed by atoms with E-state index in [1.807, 2.05) is 0 Å². The lowest BCUT2D eigenvalue weighted by atomic mass is 9.96. The Bertz CT molecular complexity index is 609. The molecule has 0 aromatic heterocycles. The van der Waals surface area contributed by atoms with Gasteiger partial charge in [-0.25, -0.2) is 4.39 Å². The van der Waals surface area contributed by atoms with E-state index in [4.69, 9.17) is 10.4 Å². The summed E-state index contributed by atoms with van der Waals surface area (Å²) in [5, 5.41) is 17.8. The van der Waals surface area contributed by atoms with E-state index in [2.05, 4.69) is 0 Å². The number of rotatable bonds is 2. The van der Waals surface area contributed by atoms with Gasteiger partial charge in [0.2, 0.25) is 0 Å². The van der Waals surface area contributed by atoms with Crippen LogP contribution < -0.4 is 4.90 Å². The second-order valence-corrected chi connectivity index (χ2v) is 4.74. The van der Waals surface area contributed by atoms with Gasteiger partial charge in [-0.05, 0) is 12.1 Å². The first kappa shape index (κ1) is 15.1. The molecule has 1 aromatic rings. The normalized spacial score (nSPS) is 22.1. The smallest absolute Gasteiger partial charge is 0.394 e. The number of alkyl halides is 3. The molecule has 1 saturated heterocycles. The van der Waals surface area contributed by atoms with Crippen LogP contribution in [0.3, 0.4) is 0 Å². The standard InChI is InChI=1S/C13H10F4N2O2/c14-10-2-1-3-11(7(10)4-18)19-5-8(12(20)21)9(6-19)13(15,16)17/h1-3,8-9H,5-6H2,(H,20,21)/t8-,9-/m1/s1. The molecular weight excluding hydrogens is 292 g/mol. The number of hydrogen-bond donors (Lipinski definition) is 1. The number of nitriles is 1. The van der Waals surface area contributed by atoms with Crippen molar-refractivity contribution in [2.75, 3.05) is 18.0 Å². The lowest BCUT2D eigenvalue weighted by Crippen LogP contribution is -2.33. The van der Waals surface area contributed by atoms with Crippen molar-refractivity contribution < 1.29 is 27.5 Å². The van der Waals surface area contributed by atoms with Gasteiger partial charge in [-0.2, -0.15) is 18.4 Å². The molecule has 0 radical (unpaired) electrons. The highest BCUT2D eigenvalue weighted by molar-refractivity contribution is 5.73. The number of carbonyl (C=O) groups is 1. The van der Waals surface area contributed by atoms with E-state index >= 15 is 0 Å². The maximum Gasteiger partial charge on any atom is 0.394 e. The fraction of sp³-hybridized carbons (Fsp3) is 0.385. The predicted molar refractivity (Wildman–Crippen MR) is 64.0 cm³/mol. The van der Waals surface area contributed by atoms with Gasteiger partial charge < -0.3 is 10.0 Å². The number of carboxylic acids is 1. The van der Waals surface area contributed by atoms with Gasteiger partial charge in [0.05, 0.1) is 17.5 Å². The van der Waals surface area contributed by atoms with Crippen LogP contribution in [0.25, 0.3) is 0 Å². The summed E-state index contributed by atoms with van der Waals surface area (Å²) in [5.74, 6) is -6.10. The van der Waals surface area contributed by atoms with Crippen LogP contribution in [0.4, 0.5) is 23.2 Å². The van der Waals surface area contributed by atoms with E-state index in [0.29, 0.717) is 0 Å². The molecule has 0 unspecified atom stereocenters. The molecule has 1 N–H and O–H groups in total. The monoisotopic (exact) mass is 302 g/mol. The molecule has 0 spiro atoms. The Hall–Kier alpha value is -2.30. The molecular formula is C13H10F4N2O2. The molecule has 4 nitrogen and oxygen atoms in total. The maximum absolute atomic E-state index is 13.5. The highest BCUT2D eigenvalue weighted by atomic mass is 19.4. The number of anilines is 1. The molecule has 8 heteroatoms. The Morgan fingerprint density at radius 3 is 2.52 bits per heavy atom. The van der Waals surface area contributed by atoms with Crippen LogP contribution in [0, 0.1) is 29.0 Å². The molecule has 21 heavy (non-hydrogen) atoms. The van der Waals surface area contributed by atoms with E-state index < -0.39 is 42.9 Å². The van der Waals surface area contributed by atoms with Crippen molar-refractivity contribution in [1.29, 1.82) is 5.26 Å². The Labute approximate surface area is 117 Å². The van der Waals surface area contributed by atoms with Crippen LogP contribution >= 0.6 is 0 Å². The molecule has 0 bridgehead atoms. The van der Waals surface area contributed by atoms with Crippen LogP contribution in [-0.4, -0.2) is 30.3 Å². The summed E-state index contributed by atoms with van der Waals surface area (Å²) >= 11 is 0. The molecule has 1 aliphatic heterocycles. The molecule has 0 saturated carbocycles. The molecule has 1 aromatic carbocycles. The summed E-state index contributed by atoms with van der Waals surface area (Å²) in [5.41, 5.74) is -0.403. The third-order valence-electron chi connectivity index (χ3n) is 3.50. The molecule has 112 valence electrons. The summed E-state index contributed by atoms with van der Waals surface area (Å²) in [6.07, 6.45) is -4.67. The van der Waals surface area contributed by atoms with E-state index in [0.717, 1.165) is 11.0 Å². The van der Waals surface area contributed by atoms with Crippen LogP contribution in [0.15, 0.2) is 18.2 Å². The highest BCUT2D eigenvalue weighted by Crippen LogP contribution is 2.40. The van der Waals surface area contributed by atoms with Crippen molar-refractivity contribution >= 4 is 11.7 Å². The first-order valence-corrected chi connectivity index (χ1v) is 5.98. The molecule has 2 atom stereocenters. The minimum atomic E-state index is -4.67. The van der Waals surface area contributed by atoms with Gasteiger partial charge in [0.25, 0.3) is 0 Å². The molecule has 1 heterocycles. The number of hydrogen-bond acceptors (Lipinski definition) is 3. The van der Waals surface area contributed by atoms with Gasteiger partial charge in [0.15, 0.2) is 0 Å². The van der Waals surface area contributed by atoms with Gasteiger partial charge in [0.1, 0.15) is 17.4 Å². The number of carboxylic acid groups (broad SMARTS) is 1. The van der Waals surface area contributed by atoms with Gasteiger partial charge in [-0.1, -0.05) is 6.07 Å². The van der Waals surface area contributed by atoms with Crippen LogP contribution in [0.5, 0.6) is 0 Å². The highest BCUT2D eigenvalue weighted by Gasteiger charge is 2.52. The Morgan fingerprint density at radius 1 is 1.38 bits per heavy atom. The lowest BCUT2D eigenvalue weighted by molar-refractivity contribution is -0.187. The van der Waals surface area contributed by atoms with Gasteiger partial charge in [0, 0.05) is 13.1 Å². The first-order chi connectivity index (χ1) is 9.75. The largest absolute Gasteiger partial charge is 0.481 e. The fourth-order valence-corrected chi connectivity index (χ4v) is 2.47. The molecule has 1 aliphatic rings. The van der Waals surface area contributed by atoms with Crippen molar-refractivity contribution in [3.05, 3.63) is 29.6 Å². The minimum absolute atomic E-state index is 0.0181. The molecule has 2 rings (SSSR count). The van der Waals surface area contributed by atoms with Crippen molar-refractivity contribution in [3.63, 3.8) is 0 Å². The molecule has 0 aliphatic carbocycles. The van der Waals surface area contributed by atoms with Crippen LogP contribution in [0.1, 0.15) is 5.56 Å². The molecule has 0 amide bonds. The SMILES string of the molecule is N#Cc1c(F)cccc1N1C[C@@H](C(F)(F)F)[C@H](C(=O)O)C1. The third-order valence-corrected chi connectivity index (χ3v) is 3.50. The fourth-order valence-electron chi connectivity index (χ4n) is 2.47. The van der Waals surface area contributed by atoms with Gasteiger partial charge in [-0.15, -0.1) is 0 Å². The average molecular weight is 302 g/mol. The second kappa shape index (κ2) is 5.24. The van der Waals surface area contributed by atoms with E-state index in [1.54, 1.807) is 6.07 Å². The Balaban J connectivity index is 2.39. The first-order valence-electron chi connectivity index (χ1n) is 5.98. The number of aliphatic carboxylic acids is 1. The summed E-state index contributed by atoms with van der Waals surface area (Å²) in [7, 11) is 0. The summed E-state index contributed by atoms with van der Waals surface area (Å²) in [6.45, 7) is -1.03. The molecule has 1 fully saturated rings. The number of halogens is 4. The maximum atomic E-state index is 13.5. The average Bonchev–Trinajstić information content (AvgIpc) is 2.83. The van der Waals surface area contributed by atoms with Crippen molar-refractivity contribution in [2.45, 2.75) is 6.18 Å². The third kappa shape index (κ3) is 2.77. The zero-order valence-corrected chi connectivity index (χ0v) is 10.6. The summed E-state index contributed by atoms with van der Waals surface area (Å²) < 4.78 is 52.2. The Kier molecular flexibility index (Phi) is 3.77. The van der Waals surface area contributed by atoms with Crippen molar-refractivity contribution in [2.24, 2.45) is 11.8 Å². The summed E-state index contributed by atoms with van der Waals surface area (Å²) in [6, 6.07) is 5.19. The Morgan fingerprint density at radius 2 is 2.05 bits per heavy atom. The van der Waals surface area contributed by atoms with E-state index in [-0.39, 0.29) is 11.3 Å². The van der Waals surface area contributed by atoms with Crippen molar-refractivity contribution in [1.82, 2.24) is 0 Å². The summed E-state index contributed by atoms with van der Waals surface area (Å²) in [4.78, 5) is 12.1. The topological polar surface area (TPSA) is 64.3 Å². The number of nitrogens with zero attached hydrogens (tertiary/aromatic N) is 2. The van der Waals surface area contributed by atoms with Crippen LogP contribution in [-0.2, 0) is 4.79 Å².